The molecule has 106 valence electrons. The Kier molecular flexibility index (Phi) is 8.83. The fourth-order valence-electron chi connectivity index (χ4n) is 2.71. The van der Waals surface area contributed by atoms with Crippen molar-refractivity contribution < 1.29 is 26.2 Å². The Labute approximate surface area is 153 Å². The fourth-order valence-corrected chi connectivity index (χ4v) is 2.71. The maximum Gasteiger partial charge on any atom is 0 e. The normalized spacial score (nSPS) is 14.9. The molecule has 0 radical (unpaired) electrons. The summed E-state index contributed by atoms with van der Waals surface area (Å²) >= 11 is 0. The summed E-state index contributed by atoms with van der Waals surface area (Å²) in [6.45, 7) is 2.27. The Balaban J connectivity index is 0.00000120. The Bertz CT molecular complexity index is 526. The molecule has 20 heavy (non-hydrogen) atoms. The number of benzene rings is 2. The number of hydrogen-bond acceptors (Lipinski definition) is 0. The van der Waals surface area contributed by atoms with E-state index in [4.69, 9.17) is 0 Å². The summed E-state index contributed by atoms with van der Waals surface area (Å²) in [6.07, 6.45) is 4.88. The van der Waals surface area contributed by atoms with Gasteiger partial charge < -0.3 is 0 Å². The average Bonchev–Trinajstić information content (AvgIpc) is 2.82. The van der Waals surface area contributed by atoms with E-state index in [1.165, 1.54) is 35.1 Å². The maximum atomic E-state index is 2.43. The van der Waals surface area contributed by atoms with E-state index < -0.39 is 0 Å². The summed E-state index contributed by atoms with van der Waals surface area (Å²) in [4.78, 5) is 0. The number of fused-ring (bicyclic) bond motifs is 1. The zero-order chi connectivity index (χ0) is 11.7. The van der Waals surface area contributed by atoms with Crippen molar-refractivity contribution in [3.8, 4) is 11.1 Å². The van der Waals surface area contributed by atoms with Crippen LogP contribution in [0.15, 0.2) is 48.5 Å². The van der Waals surface area contributed by atoms with Crippen LogP contribution >= 0.6 is 24.8 Å². The van der Waals surface area contributed by atoms with E-state index in [0.717, 1.165) is 5.92 Å². The molecule has 3 rings (SSSR count). The number of rotatable bonds is 2. The van der Waals surface area contributed by atoms with Gasteiger partial charge in [0.2, 0.25) is 0 Å². The number of hydrogen-bond donors (Lipinski definition) is 0. The predicted octanol–water partition coefficient (Wildman–Crippen LogP) is 5.33. The third-order valence-electron chi connectivity index (χ3n) is 3.70. The molecule has 0 bridgehead atoms. The smallest absolute Gasteiger partial charge is 0 e. The monoisotopic (exact) mass is 383 g/mol. The van der Waals surface area contributed by atoms with E-state index in [2.05, 4.69) is 61.9 Å². The molecule has 0 nitrogen and oxygen atoms in total. The molecule has 0 amide bonds. The Morgan fingerprint density at radius 1 is 1.00 bits per heavy atom. The Hall–Kier alpha value is -0.227. The minimum atomic E-state index is 0. The molecule has 0 saturated heterocycles. The van der Waals surface area contributed by atoms with Crippen LogP contribution in [0.4, 0.5) is 0 Å². The fraction of sp³-hybridized carbons (Fsp3) is 0.235. The van der Waals surface area contributed by atoms with Crippen molar-refractivity contribution in [2.45, 2.75) is 19.8 Å². The summed E-state index contributed by atoms with van der Waals surface area (Å²) in [5.41, 5.74) is 5.73. The average molecular weight is 385 g/mol. The molecule has 2 aromatic carbocycles. The second-order valence-electron chi connectivity index (χ2n) is 4.78. The van der Waals surface area contributed by atoms with Gasteiger partial charge in [-0.3, -0.25) is 0 Å². The van der Waals surface area contributed by atoms with Gasteiger partial charge in [-0.2, -0.15) is 18.1 Å². The minimum absolute atomic E-state index is 0. The first-order valence-electron chi connectivity index (χ1n) is 6.40. The van der Waals surface area contributed by atoms with Gasteiger partial charge in [-0.25, -0.2) is 0 Å². The molecule has 0 aliphatic heterocycles. The largest absolute Gasteiger partial charge is 0.188 e. The number of halogens is 2. The molecular weight excluding hydrogens is 366 g/mol. The molecule has 1 unspecified atom stereocenters. The van der Waals surface area contributed by atoms with Crippen LogP contribution in [0.2, 0.25) is 0 Å². The van der Waals surface area contributed by atoms with Crippen LogP contribution in [0.5, 0.6) is 0 Å². The summed E-state index contributed by atoms with van der Waals surface area (Å²) in [5.74, 6) is 0.731. The molecule has 0 aromatic heterocycles. The molecule has 2 aromatic rings. The zero-order valence-electron chi connectivity index (χ0n) is 11.5. The van der Waals surface area contributed by atoms with Crippen LogP contribution in [0, 0.1) is 12.3 Å². The van der Waals surface area contributed by atoms with Crippen molar-refractivity contribution in [2.24, 2.45) is 5.92 Å². The van der Waals surface area contributed by atoms with Gasteiger partial charge in [0.1, 0.15) is 0 Å². The molecule has 3 heteroatoms. The van der Waals surface area contributed by atoms with E-state index in [9.17, 15) is 0 Å². The topological polar surface area (TPSA) is 0 Å². The van der Waals surface area contributed by atoms with Gasteiger partial charge in [-0.15, -0.1) is 36.4 Å². The van der Waals surface area contributed by atoms with E-state index in [0.29, 0.717) is 0 Å². The molecule has 1 aliphatic rings. The molecule has 1 atom stereocenters. The van der Waals surface area contributed by atoms with Crippen LogP contribution in [0.1, 0.15) is 24.5 Å². The van der Waals surface area contributed by atoms with Crippen molar-refractivity contribution in [1.82, 2.24) is 0 Å². The third kappa shape index (κ3) is 3.91. The van der Waals surface area contributed by atoms with E-state index in [-0.39, 0.29) is 51.0 Å². The molecular formula is C17H19Cl2Zr-. The van der Waals surface area contributed by atoms with Crippen molar-refractivity contribution in [2.75, 3.05) is 0 Å². The second kappa shape index (κ2) is 8.93. The van der Waals surface area contributed by atoms with Crippen LogP contribution < -0.4 is 0 Å². The van der Waals surface area contributed by atoms with Crippen LogP contribution in [0.25, 0.3) is 11.1 Å². The Morgan fingerprint density at radius 3 is 2.35 bits per heavy atom. The van der Waals surface area contributed by atoms with Gasteiger partial charge in [0.15, 0.2) is 0 Å². The van der Waals surface area contributed by atoms with Gasteiger partial charge in [-0.1, -0.05) is 67.6 Å². The van der Waals surface area contributed by atoms with Gasteiger partial charge in [-0.05, 0) is 5.56 Å². The van der Waals surface area contributed by atoms with Gasteiger partial charge in [0.05, 0.1) is 0 Å². The summed E-state index contributed by atoms with van der Waals surface area (Å²) in [5, 5.41) is 0. The van der Waals surface area contributed by atoms with E-state index >= 15 is 0 Å². The van der Waals surface area contributed by atoms with Crippen LogP contribution in [-0.4, -0.2) is 0 Å². The van der Waals surface area contributed by atoms with Crippen molar-refractivity contribution in [3.63, 3.8) is 0 Å². The van der Waals surface area contributed by atoms with Gasteiger partial charge in [0.25, 0.3) is 0 Å². The minimum Gasteiger partial charge on any atom is -0.188 e. The molecule has 0 saturated carbocycles. The van der Waals surface area contributed by atoms with Crippen LogP contribution in [0.3, 0.4) is 0 Å². The molecule has 0 spiro atoms. The van der Waals surface area contributed by atoms with Gasteiger partial charge in [0, 0.05) is 26.2 Å². The first-order chi connectivity index (χ1) is 8.38. The Morgan fingerprint density at radius 2 is 1.70 bits per heavy atom. The summed E-state index contributed by atoms with van der Waals surface area (Å²) in [6, 6.07) is 17.4. The van der Waals surface area contributed by atoms with E-state index in [1.807, 2.05) is 0 Å². The SMILES string of the molecule is CCC1[CH-]c2cccc(-c3ccccc3)c2C1.Cl.Cl.[Zr]. The molecule has 0 N–H and O–H groups in total. The zero-order valence-corrected chi connectivity index (χ0v) is 15.6. The maximum absolute atomic E-state index is 2.43. The molecule has 1 aliphatic carbocycles. The standard InChI is InChI=1S/C17H17.2ClH.Zr/c1-2-13-11-15-9-6-10-16(17(15)12-13)14-7-4-3-5-8-14;;;/h3-11,13H,2,12H2,1H3;2*1H;/q-1;;;. The van der Waals surface area contributed by atoms with E-state index in [1.54, 1.807) is 0 Å². The predicted molar refractivity (Wildman–Crippen MR) is 87.3 cm³/mol. The summed E-state index contributed by atoms with van der Waals surface area (Å²) in [7, 11) is 0. The first-order valence-corrected chi connectivity index (χ1v) is 6.40. The van der Waals surface area contributed by atoms with Crippen LogP contribution in [-0.2, 0) is 32.6 Å². The van der Waals surface area contributed by atoms with Crippen molar-refractivity contribution in [3.05, 3.63) is 66.1 Å². The van der Waals surface area contributed by atoms with Crippen molar-refractivity contribution in [1.29, 1.82) is 0 Å². The molecule has 0 heterocycles. The quantitative estimate of drug-likeness (QED) is 0.613. The molecule has 0 fully saturated rings. The van der Waals surface area contributed by atoms with Crippen molar-refractivity contribution >= 4 is 24.8 Å². The third-order valence-corrected chi connectivity index (χ3v) is 3.70. The van der Waals surface area contributed by atoms with Gasteiger partial charge >= 0.3 is 0 Å². The second-order valence-corrected chi connectivity index (χ2v) is 4.78. The first kappa shape index (κ1) is 19.8. The summed E-state index contributed by atoms with van der Waals surface area (Å²) < 4.78 is 0.